The fourth-order valence-electron chi connectivity index (χ4n) is 4.20. The average molecular weight is 352 g/mol. The minimum Gasteiger partial charge on any atom is -0.506 e. The number of phenols is 1. The van der Waals surface area contributed by atoms with E-state index >= 15 is 0 Å². The molecule has 0 aliphatic rings. The Morgan fingerprint density at radius 2 is 1.35 bits per heavy atom. The van der Waals surface area contributed by atoms with E-state index in [1.165, 1.54) is 0 Å². The van der Waals surface area contributed by atoms with E-state index in [0.29, 0.717) is 5.39 Å². The zero-order valence-electron chi connectivity index (χ0n) is 13.6. The van der Waals surface area contributed by atoms with Crippen molar-refractivity contribution in [3.05, 3.63) is 77.0 Å². The van der Waals surface area contributed by atoms with Crippen molar-refractivity contribution >= 4 is 63.8 Å². The number of aromatic hydroxyl groups is 1. The number of rotatable bonds is 0. The number of hydrogen-bond acceptors (Lipinski definition) is 3. The topological polar surface area (TPSA) is 37.3 Å². The minimum atomic E-state index is 0.0557. The van der Waals surface area contributed by atoms with Gasteiger partial charge < -0.3 is 5.11 Å². The molecule has 1 aromatic heterocycles. The van der Waals surface area contributed by atoms with Gasteiger partial charge >= 0.3 is 0 Å². The molecule has 0 amide bonds. The molecular formula is C23H12O2S. The van der Waals surface area contributed by atoms with Crippen LogP contribution in [0.4, 0.5) is 0 Å². The van der Waals surface area contributed by atoms with Gasteiger partial charge in [0.15, 0.2) is 5.43 Å². The third kappa shape index (κ3) is 1.59. The van der Waals surface area contributed by atoms with Gasteiger partial charge in [-0.3, -0.25) is 4.79 Å². The van der Waals surface area contributed by atoms with Gasteiger partial charge in [-0.1, -0.05) is 48.5 Å². The molecule has 1 heterocycles. The van der Waals surface area contributed by atoms with Crippen LogP contribution in [-0.2, 0) is 0 Å². The Hall–Kier alpha value is -3.17. The summed E-state index contributed by atoms with van der Waals surface area (Å²) in [6.07, 6.45) is 0. The summed E-state index contributed by atoms with van der Waals surface area (Å²) in [6, 6.07) is 21.6. The van der Waals surface area contributed by atoms with Crippen LogP contribution in [0.2, 0.25) is 0 Å². The molecule has 122 valence electrons. The summed E-state index contributed by atoms with van der Waals surface area (Å²) in [7, 11) is 0. The lowest BCUT2D eigenvalue weighted by Crippen LogP contribution is -2.03. The molecule has 3 heteroatoms. The molecule has 0 saturated carbocycles. The summed E-state index contributed by atoms with van der Waals surface area (Å²) in [5.41, 5.74) is 0.0557. The summed E-state index contributed by atoms with van der Waals surface area (Å²) in [5.74, 6) is 0.273. The summed E-state index contributed by atoms with van der Waals surface area (Å²) in [6.45, 7) is 0. The lowest BCUT2D eigenvalue weighted by molar-refractivity contribution is 0.483. The highest BCUT2D eigenvalue weighted by molar-refractivity contribution is 7.25. The molecule has 0 radical (unpaired) electrons. The Morgan fingerprint density at radius 1 is 0.654 bits per heavy atom. The Kier molecular flexibility index (Phi) is 2.55. The smallest absolute Gasteiger partial charge is 0.194 e. The van der Waals surface area contributed by atoms with Crippen LogP contribution in [0.5, 0.6) is 5.75 Å². The second-order valence-corrected chi connectivity index (χ2v) is 7.71. The van der Waals surface area contributed by atoms with Crippen molar-refractivity contribution in [2.24, 2.45) is 0 Å². The van der Waals surface area contributed by atoms with E-state index in [1.54, 1.807) is 11.3 Å². The van der Waals surface area contributed by atoms with Crippen molar-refractivity contribution in [1.82, 2.24) is 0 Å². The molecule has 5 aromatic carbocycles. The molecule has 2 nitrogen and oxygen atoms in total. The second kappa shape index (κ2) is 4.71. The predicted molar refractivity (Wildman–Crippen MR) is 111 cm³/mol. The highest BCUT2D eigenvalue weighted by Crippen LogP contribution is 2.45. The van der Waals surface area contributed by atoms with E-state index in [9.17, 15) is 9.90 Å². The predicted octanol–water partition coefficient (Wildman–Crippen LogP) is 6.02. The van der Waals surface area contributed by atoms with Crippen LogP contribution < -0.4 is 5.43 Å². The largest absolute Gasteiger partial charge is 0.506 e. The van der Waals surface area contributed by atoms with E-state index in [4.69, 9.17) is 0 Å². The number of phenolic OH excluding ortho intramolecular Hbond substituents is 1. The molecule has 6 aromatic rings. The summed E-state index contributed by atoms with van der Waals surface area (Å²) in [5, 5.41) is 18.2. The quantitative estimate of drug-likeness (QED) is 0.268. The maximum absolute atomic E-state index is 13.1. The van der Waals surface area contributed by atoms with Crippen LogP contribution in [0, 0.1) is 0 Å². The van der Waals surface area contributed by atoms with Crippen molar-refractivity contribution in [3.63, 3.8) is 0 Å². The molecule has 1 N–H and O–H groups in total. The highest BCUT2D eigenvalue weighted by Gasteiger charge is 2.18. The highest BCUT2D eigenvalue weighted by atomic mass is 32.1. The molecule has 0 aliphatic carbocycles. The summed E-state index contributed by atoms with van der Waals surface area (Å²) < 4.78 is 1.97. The van der Waals surface area contributed by atoms with Gasteiger partial charge in [0.25, 0.3) is 0 Å². The monoisotopic (exact) mass is 352 g/mol. The Labute approximate surface area is 151 Å². The first-order chi connectivity index (χ1) is 12.7. The maximum Gasteiger partial charge on any atom is 0.194 e. The molecule has 0 bridgehead atoms. The second-order valence-electron chi connectivity index (χ2n) is 6.66. The van der Waals surface area contributed by atoms with Gasteiger partial charge in [-0.2, -0.15) is 0 Å². The van der Waals surface area contributed by atoms with Gasteiger partial charge in [0, 0.05) is 26.2 Å². The summed E-state index contributed by atoms with van der Waals surface area (Å²) >= 11 is 1.57. The van der Waals surface area contributed by atoms with Crippen molar-refractivity contribution in [2.45, 2.75) is 0 Å². The van der Waals surface area contributed by atoms with Crippen LogP contribution in [0.25, 0.3) is 52.5 Å². The van der Waals surface area contributed by atoms with Gasteiger partial charge in [-0.15, -0.1) is 11.3 Å². The first-order valence-electron chi connectivity index (χ1n) is 8.48. The zero-order valence-corrected chi connectivity index (χ0v) is 14.4. The van der Waals surface area contributed by atoms with Crippen LogP contribution in [0.3, 0.4) is 0 Å². The number of fused-ring (bicyclic) bond motifs is 4. The van der Waals surface area contributed by atoms with Crippen LogP contribution >= 0.6 is 11.3 Å². The van der Waals surface area contributed by atoms with Crippen LogP contribution in [0.1, 0.15) is 0 Å². The number of benzene rings is 5. The molecule has 0 spiro atoms. The molecule has 0 aliphatic heterocycles. The first kappa shape index (κ1) is 14.0. The molecular weight excluding hydrogens is 340 g/mol. The van der Waals surface area contributed by atoms with E-state index in [-0.39, 0.29) is 11.2 Å². The number of hydrogen-bond donors (Lipinski definition) is 1. The Balaban J connectivity index is 2.07. The first-order valence-corrected chi connectivity index (χ1v) is 9.30. The zero-order chi connectivity index (χ0) is 17.4. The summed E-state index contributed by atoms with van der Waals surface area (Å²) in [4.78, 5) is 13.1. The van der Waals surface area contributed by atoms with Crippen molar-refractivity contribution < 1.29 is 5.11 Å². The average Bonchev–Trinajstić information content (AvgIpc) is 2.69. The van der Waals surface area contributed by atoms with Gasteiger partial charge in [-0.05, 0) is 39.7 Å². The fourth-order valence-corrected chi connectivity index (χ4v) is 5.33. The van der Waals surface area contributed by atoms with Gasteiger partial charge in [-0.25, -0.2) is 0 Å². The van der Waals surface area contributed by atoms with Gasteiger partial charge in [0.05, 0.1) is 4.70 Å². The minimum absolute atomic E-state index is 0.0557. The molecule has 0 fully saturated rings. The molecule has 6 rings (SSSR count). The Bertz CT molecular complexity index is 1560. The van der Waals surface area contributed by atoms with Crippen LogP contribution in [0.15, 0.2) is 71.5 Å². The van der Waals surface area contributed by atoms with E-state index in [0.717, 1.165) is 47.1 Å². The SMILES string of the molecule is O=c1c2ccccc2c2cc(O)c3sc4ccccc4c4ccc1c2c34. The molecule has 0 unspecified atom stereocenters. The molecule has 0 saturated heterocycles. The van der Waals surface area contributed by atoms with Gasteiger partial charge in [0.1, 0.15) is 5.75 Å². The fraction of sp³-hybridized carbons (Fsp3) is 0. The third-order valence-electron chi connectivity index (χ3n) is 5.31. The third-order valence-corrected chi connectivity index (χ3v) is 6.50. The van der Waals surface area contributed by atoms with E-state index < -0.39 is 0 Å². The lowest BCUT2D eigenvalue weighted by Gasteiger charge is -2.15. The van der Waals surface area contributed by atoms with Crippen LogP contribution in [-0.4, -0.2) is 5.11 Å². The van der Waals surface area contributed by atoms with Crippen molar-refractivity contribution in [1.29, 1.82) is 0 Å². The maximum atomic E-state index is 13.1. The molecule has 26 heavy (non-hydrogen) atoms. The standard InChI is InChI=1S/C23H12O2S/c24-18-11-17-12-5-1-2-7-15(12)22(25)16-10-9-14-13-6-3-4-8-19(13)26-23(18)21(14)20(16)17/h1-11,24H. The Morgan fingerprint density at radius 3 is 2.19 bits per heavy atom. The lowest BCUT2D eigenvalue weighted by atomic mass is 9.92. The normalized spacial score (nSPS) is 12.2. The van der Waals surface area contributed by atoms with E-state index in [1.807, 2.05) is 54.6 Å². The van der Waals surface area contributed by atoms with Crippen molar-refractivity contribution in [2.75, 3.05) is 0 Å². The molecule has 0 atom stereocenters. The van der Waals surface area contributed by atoms with Gasteiger partial charge in [0.2, 0.25) is 0 Å². The van der Waals surface area contributed by atoms with E-state index in [2.05, 4.69) is 12.1 Å². The van der Waals surface area contributed by atoms with Crippen molar-refractivity contribution in [3.8, 4) is 5.75 Å².